The molecule has 0 saturated heterocycles. The van der Waals surface area contributed by atoms with Gasteiger partial charge in [-0.05, 0) is 37.1 Å². The van der Waals surface area contributed by atoms with Crippen LogP contribution in [0.25, 0.3) is 11.3 Å². The molecule has 0 radical (unpaired) electrons. The summed E-state index contributed by atoms with van der Waals surface area (Å²) in [5.41, 5.74) is 2.30. The molecule has 0 aliphatic heterocycles. The molecule has 2 aromatic carbocycles. The predicted molar refractivity (Wildman–Crippen MR) is 121 cm³/mol. The number of aryl methyl sites for hydroxylation is 1. The number of aromatic nitrogens is 2. The number of carbonyl (C=O) groups excluding carboxylic acids is 1. The molecule has 1 saturated carbocycles. The first-order chi connectivity index (χ1) is 16.1. The summed E-state index contributed by atoms with van der Waals surface area (Å²) >= 11 is 0. The van der Waals surface area contributed by atoms with Crippen molar-refractivity contribution in [1.29, 1.82) is 0 Å². The number of carbonyl (C=O) groups is 1. The Bertz CT molecular complexity index is 1250. The summed E-state index contributed by atoms with van der Waals surface area (Å²) in [4.78, 5) is 14.9. The molecule has 0 bridgehead atoms. The molecule has 0 N–H and O–H groups in total. The van der Waals surface area contributed by atoms with Crippen molar-refractivity contribution in [3.8, 4) is 22.9 Å². The number of benzene rings is 2. The van der Waals surface area contributed by atoms with E-state index in [4.69, 9.17) is 9.15 Å². The van der Waals surface area contributed by atoms with Crippen molar-refractivity contribution < 1.29 is 18.3 Å². The first-order valence-corrected chi connectivity index (χ1v) is 10.9. The van der Waals surface area contributed by atoms with Gasteiger partial charge in [0.15, 0.2) is 11.6 Å². The Labute approximate surface area is 191 Å². The van der Waals surface area contributed by atoms with Gasteiger partial charge in [0, 0.05) is 18.5 Å². The van der Waals surface area contributed by atoms with Crippen molar-refractivity contribution in [2.45, 2.75) is 25.9 Å². The molecular weight excluding hydrogens is 421 g/mol. The van der Waals surface area contributed by atoms with E-state index < -0.39 is 5.82 Å². The van der Waals surface area contributed by atoms with Gasteiger partial charge in [-0.3, -0.25) is 4.79 Å². The lowest BCUT2D eigenvalue weighted by atomic mass is 10.1. The second kappa shape index (κ2) is 8.94. The van der Waals surface area contributed by atoms with Crippen LogP contribution >= 0.6 is 0 Å². The largest absolute Gasteiger partial charge is 0.467 e. The summed E-state index contributed by atoms with van der Waals surface area (Å²) in [6, 6.07) is 19.6. The molecule has 2 heterocycles. The van der Waals surface area contributed by atoms with Crippen molar-refractivity contribution in [2.24, 2.45) is 13.0 Å². The van der Waals surface area contributed by atoms with E-state index in [1.54, 1.807) is 47.2 Å². The van der Waals surface area contributed by atoms with Gasteiger partial charge in [0.25, 0.3) is 0 Å². The van der Waals surface area contributed by atoms with Gasteiger partial charge in [-0.2, -0.15) is 5.10 Å². The molecule has 2 aromatic heterocycles. The highest BCUT2D eigenvalue weighted by Gasteiger charge is 2.35. The minimum atomic E-state index is -0.465. The van der Waals surface area contributed by atoms with Crippen molar-refractivity contribution in [2.75, 3.05) is 0 Å². The summed E-state index contributed by atoms with van der Waals surface area (Å²) in [5.74, 6) is 0.844. The number of ether oxygens (including phenoxy) is 1. The molecule has 1 fully saturated rings. The molecular formula is C26H24FN3O3. The molecule has 0 spiro atoms. The van der Waals surface area contributed by atoms with E-state index in [2.05, 4.69) is 5.10 Å². The summed E-state index contributed by atoms with van der Waals surface area (Å²) < 4.78 is 27.5. The van der Waals surface area contributed by atoms with Crippen LogP contribution in [-0.2, 0) is 24.9 Å². The molecule has 1 amide bonds. The zero-order chi connectivity index (χ0) is 22.8. The second-order valence-electron chi connectivity index (χ2n) is 8.20. The fourth-order valence-corrected chi connectivity index (χ4v) is 3.86. The average molecular weight is 445 g/mol. The monoisotopic (exact) mass is 445 g/mol. The lowest BCUT2D eigenvalue weighted by Crippen LogP contribution is -2.31. The lowest BCUT2D eigenvalue weighted by Gasteiger charge is -2.22. The Morgan fingerprint density at radius 3 is 2.55 bits per heavy atom. The van der Waals surface area contributed by atoms with Crippen LogP contribution in [-0.4, -0.2) is 20.6 Å². The van der Waals surface area contributed by atoms with Gasteiger partial charge in [0.05, 0.1) is 24.9 Å². The maximum atomic E-state index is 14.4. The van der Waals surface area contributed by atoms with E-state index in [0.29, 0.717) is 29.4 Å². The Hall–Kier alpha value is -3.87. The number of amides is 1. The fraction of sp³-hybridized carbons (Fsp3) is 0.231. The molecule has 4 aromatic rings. The van der Waals surface area contributed by atoms with E-state index in [-0.39, 0.29) is 24.1 Å². The third-order valence-electron chi connectivity index (χ3n) is 5.69. The van der Waals surface area contributed by atoms with E-state index in [1.165, 1.54) is 6.07 Å². The molecule has 1 aliphatic rings. The van der Waals surface area contributed by atoms with E-state index >= 15 is 0 Å². The summed E-state index contributed by atoms with van der Waals surface area (Å²) in [6.45, 7) is 0.600. The second-order valence-corrected chi connectivity index (χ2v) is 8.20. The highest BCUT2D eigenvalue weighted by atomic mass is 19.1. The molecule has 0 atom stereocenters. The quantitative estimate of drug-likeness (QED) is 0.357. The van der Waals surface area contributed by atoms with Crippen LogP contribution in [0.1, 0.15) is 24.2 Å². The Morgan fingerprint density at radius 1 is 1.09 bits per heavy atom. The van der Waals surface area contributed by atoms with Gasteiger partial charge < -0.3 is 14.1 Å². The predicted octanol–water partition coefficient (Wildman–Crippen LogP) is 5.55. The van der Waals surface area contributed by atoms with Crippen molar-refractivity contribution in [3.05, 3.63) is 90.1 Å². The van der Waals surface area contributed by atoms with Crippen LogP contribution in [0.4, 0.5) is 4.39 Å². The van der Waals surface area contributed by atoms with Gasteiger partial charge in [0.1, 0.15) is 11.5 Å². The van der Waals surface area contributed by atoms with Crippen molar-refractivity contribution in [3.63, 3.8) is 0 Å². The third-order valence-corrected chi connectivity index (χ3v) is 5.69. The number of halogens is 1. The number of hydrogen-bond donors (Lipinski definition) is 0. The summed E-state index contributed by atoms with van der Waals surface area (Å²) in [6.07, 6.45) is 3.39. The minimum absolute atomic E-state index is 0.0349. The molecule has 1 aliphatic carbocycles. The number of hydrogen-bond acceptors (Lipinski definition) is 4. The molecule has 33 heavy (non-hydrogen) atoms. The van der Waals surface area contributed by atoms with E-state index in [1.807, 2.05) is 36.4 Å². The van der Waals surface area contributed by atoms with Gasteiger partial charge in [-0.25, -0.2) is 9.07 Å². The normalized spacial score (nSPS) is 13.2. The highest BCUT2D eigenvalue weighted by Crippen LogP contribution is 2.37. The topological polar surface area (TPSA) is 60.5 Å². The first-order valence-electron chi connectivity index (χ1n) is 10.9. The number of rotatable bonds is 8. The Balaban J connectivity index is 1.56. The maximum absolute atomic E-state index is 14.4. The fourth-order valence-electron chi connectivity index (χ4n) is 3.86. The third kappa shape index (κ3) is 4.53. The van der Waals surface area contributed by atoms with E-state index in [9.17, 15) is 9.18 Å². The van der Waals surface area contributed by atoms with Crippen LogP contribution in [0.5, 0.6) is 11.6 Å². The number of para-hydroxylation sites is 1. The van der Waals surface area contributed by atoms with Crippen molar-refractivity contribution in [1.82, 2.24) is 14.7 Å². The standard InChI is InChI=1S/C26H24FN3O3/c1-29-26(33-23-12-6-5-11-22(23)27)21(24(28-29)18-8-3-2-4-9-18)17-30(25(31)19-13-14-19)16-20-10-7-15-32-20/h2-12,15,19H,13-14,16-17H2,1H3. The van der Waals surface area contributed by atoms with Crippen molar-refractivity contribution >= 4 is 5.91 Å². The van der Waals surface area contributed by atoms with Crippen LogP contribution in [0.3, 0.4) is 0 Å². The average Bonchev–Trinajstić information content (AvgIpc) is 3.48. The van der Waals surface area contributed by atoms with Gasteiger partial charge >= 0.3 is 0 Å². The van der Waals surface area contributed by atoms with Crippen LogP contribution < -0.4 is 4.74 Å². The molecule has 7 heteroatoms. The molecule has 6 nitrogen and oxygen atoms in total. The SMILES string of the molecule is Cn1nc(-c2ccccc2)c(CN(Cc2ccco2)C(=O)C2CC2)c1Oc1ccccc1F. The first kappa shape index (κ1) is 21.0. The summed E-state index contributed by atoms with van der Waals surface area (Å²) in [5, 5.41) is 4.68. The highest BCUT2D eigenvalue weighted by molar-refractivity contribution is 5.81. The van der Waals surface area contributed by atoms with Crippen LogP contribution in [0.15, 0.2) is 77.4 Å². The Morgan fingerprint density at radius 2 is 1.85 bits per heavy atom. The van der Waals surface area contributed by atoms with E-state index in [0.717, 1.165) is 18.4 Å². The Kier molecular flexibility index (Phi) is 5.69. The lowest BCUT2D eigenvalue weighted by molar-refractivity contribution is -0.134. The van der Waals surface area contributed by atoms with Gasteiger partial charge in [0.2, 0.25) is 11.8 Å². The van der Waals surface area contributed by atoms with Crippen LogP contribution in [0.2, 0.25) is 0 Å². The summed E-state index contributed by atoms with van der Waals surface area (Å²) in [7, 11) is 1.76. The molecule has 168 valence electrons. The number of nitrogens with zero attached hydrogens (tertiary/aromatic N) is 3. The number of furan rings is 1. The maximum Gasteiger partial charge on any atom is 0.226 e. The minimum Gasteiger partial charge on any atom is -0.467 e. The molecule has 5 rings (SSSR count). The van der Waals surface area contributed by atoms with Gasteiger partial charge in [-0.15, -0.1) is 0 Å². The molecule has 0 unspecified atom stereocenters. The van der Waals surface area contributed by atoms with Gasteiger partial charge in [-0.1, -0.05) is 42.5 Å². The smallest absolute Gasteiger partial charge is 0.226 e. The van der Waals surface area contributed by atoms with Crippen LogP contribution in [0, 0.1) is 11.7 Å². The zero-order valence-corrected chi connectivity index (χ0v) is 18.3. The zero-order valence-electron chi connectivity index (χ0n) is 18.3.